The van der Waals surface area contributed by atoms with Gasteiger partial charge in [0.2, 0.25) is 0 Å². The number of ether oxygens (including phenoxy) is 4. The SMILES string of the molecule is CCCCCC/C=C/CCCC(=O)OCC(CO[C@H]1O[C@H](CS(=O)(=O)O)[C@@H](O)C(O)C1O)OC(=O)CC/C=C/C/C=C/CCCCCCCC. The number of hydrogen-bond acceptors (Lipinski definition) is 11. The second-order valence-electron chi connectivity index (χ2n) is 12.9. The van der Waals surface area contributed by atoms with Crippen LogP contribution in [0.15, 0.2) is 36.5 Å². The second-order valence-corrected chi connectivity index (χ2v) is 14.4. The molecule has 1 fully saturated rings. The lowest BCUT2D eigenvalue weighted by Crippen LogP contribution is -2.60. The van der Waals surface area contributed by atoms with E-state index in [0.29, 0.717) is 12.8 Å². The Morgan fingerprint density at radius 3 is 1.88 bits per heavy atom. The molecule has 1 rings (SSSR count). The zero-order valence-corrected chi connectivity index (χ0v) is 31.1. The highest BCUT2D eigenvalue weighted by molar-refractivity contribution is 7.85. The van der Waals surface area contributed by atoms with Gasteiger partial charge in [-0.05, 0) is 51.4 Å². The van der Waals surface area contributed by atoms with E-state index in [1.165, 1.54) is 57.8 Å². The summed E-state index contributed by atoms with van der Waals surface area (Å²) in [6.07, 6.45) is 19.6. The summed E-state index contributed by atoms with van der Waals surface area (Å²) in [6.45, 7) is 3.59. The Morgan fingerprint density at radius 2 is 1.24 bits per heavy atom. The number of unbranched alkanes of at least 4 members (excludes halogenated alkanes) is 11. The lowest BCUT2D eigenvalue weighted by atomic mass is 10.00. The van der Waals surface area contributed by atoms with Crippen molar-refractivity contribution in [3.63, 3.8) is 0 Å². The molecular formula is C37H64O12S. The molecule has 0 spiro atoms. The summed E-state index contributed by atoms with van der Waals surface area (Å²) < 4.78 is 53.6. The highest BCUT2D eigenvalue weighted by Crippen LogP contribution is 2.23. The minimum atomic E-state index is -4.60. The van der Waals surface area contributed by atoms with Crippen LogP contribution in [0.4, 0.5) is 0 Å². The van der Waals surface area contributed by atoms with Crippen LogP contribution in [0.2, 0.25) is 0 Å². The highest BCUT2D eigenvalue weighted by atomic mass is 32.2. The van der Waals surface area contributed by atoms with Crippen LogP contribution in [0.25, 0.3) is 0 Å². The lowest BCUT2D eigenvalue weighted by molar-refractivity contribution is -0.297. The van der Waals surface area contributed by atoms with E-state index in [4.69, 9.17) is 18.9 Å². The first-order chi connectivity index (χ1) is 24.0. The number of carbonyl (C=O) groups is 2. The monoisotopic (exact) mass is 732 g/mol. The molecule has 0 aromatic carbocycles. The molecule has 0 saturated carbocycles. The van der Waals surface area contributed by atoms with Gasteiger partial charge in [0.15, 0.2) is 12.4 Å². The first-order valence-corrected chi connectivity index (χ1v) is 20.2. The summed E-state index contributed by atoms with van der Waals surface area (Å²) in [5.74, 6) is -2.12. The quantitative estimate of drug-likeness (QED) is 0.0310. The number of carbonyl (C=O) groups excluding carboxylic acids is 2. The van der Waals surface area contributed by atoms with E-state index in [1.54, 1.807) is 0 Å². The number of aliphatic hydroxyl groups excluding tert-OH is 3. The van der Waals surface area contributed by atoms with Gasteiger partial charge in [-0.2, -0.15) is 8.42 Å². The van der Waals surface area contributed by atoms with Crippen molar-refractivity contribution in [3.8, 4) is 0 Å². The van der Waals surface area contributed by atoms with E-state index < -0.39 is 71.2 Å². The summed E-state index contributed by atoms with van der Waals surface area (Å²) in [5.41, 5.74) is 0. The first kappa shape index (κ1) is 45.9. The molecule has 290 valence electrons. The molecule has 3 unspecified atom stereocenters. The fourth-order valence-corrected chi connectivity index (χ4v) is 5.95. The van der Waals surface area contributed by atoms with Crippen molar-refractivity contribution in [2.45, 2.75) is 166 Å². The zero-order valence-electron chi connectivity index (χ0n) is 30.2. The Kier molecular flexibility index (Phi) is 26.1. The molecule has 13 heteroatoms. The van der Waals surface area contributed by atoms with Crippen LogP contribution in [-0.2, 0) is 38.7 Å². The molecule has 6 atom stereocenters. The Balaban J connectivity index is 2.62. The van der Waals surface area contributed by atoms with Gasteiger partial charge in [-0.1, -0.05) is 102 Å². The third-order valence-electron chi connectivity index (χ3n) is 8.21. The van der Waals surface area contributed by atoms with Gasteiger partial charge < -0.3 is 34.3 Å². The fourth-order valence-electron chi connectivity index (χ4n) is 5.26. The Morgan fingerprint density at radius 1 is 0.680 bits per heavy atom. The summed E-state index contributed by atoms with van der Waals surface area (Å²) >= 11 is 0. The summed E-state index contributed by atoms with van der Waals surface area (Å²) in [5, 5.41) is 30.7. The summed E-state index contributed by atoms with van der Waals surface area (Å²) in [4.78, 5) is 25.1. The van der Waals surface area contributed by atoms with Crippen molar-refractivity contribution in [1.82, 2.24) is 0 Å². The minimum absolute atomic E-state index is 0.0527. The maximum absolute atomic E-state index is 12.7. The number of aliphatic hydroxyl groups is 3. The lowest BCUT2D eigenvalue weighted by Gasteiger charge is -2.40. The molecule has 1 heterocycles. The van der Waals surface area contributed by atoms with Gasteiger partial charge in [-0.25, -0.2) is 0 Å². The number of rotatable bonds is 29. The van der Waals surface area contributed by atoms with E-state index >= 15 is 0 Å². The zero-order chi connectivity index (χ0) is 37.0. The molecule has 0 bridgehead atoms. The van der Waals surface area contributed by atoms with Crippen LogP contribution in [0, 0.1) is 0 Å². The minimum Gasteiger partial charge on any atom is -0.462 e. The van der Waals surface area contributed by atoms with Gasteiger partial charge >= 0.3 is 11.9 Å². The predicted octanol–water partition coefficient (Wildman–Crippen LogP) is 5.88. The fraction of sp³-hybridized carbons (Fsp3) is 0.784. The largest absolute Gasteiger partial charge is 0.462 e. The van der Waals surface area contributed by atoms with Crippen molar-refractivity contribution in [2.24, 2.45) is 0 Å². The van der Waals surface area contributed by atoms with Crippen molar-refractivity contribution in [3.05, 3.63) is 36.5 Å². The van der Waals surface area contributed by atoms with Gasteiger partial charge in [0.25, 0.3) is 10.1 Å². The summed E-state index contributed by atoms with van der Waals surface area (Å²) in [7, 11) is -4.60. The van der Waals surface area contributed by atoms with Crippen LogP contribution >= 0.6 is 0 Å². The average molecular weight is 733 g/mol. The number of allylic oxidation sites excluding steroid dienone is 6. The molecule has 1 saturated heterocycles. The van der Waals surface area contributed by atoms with Crippen LogP contribution in [0.5, 0.6) is 0 Å². The Hall–Kier alpha value is -2.13. The van der Waals surface area contributed by atoms with E-state index in [-0.39, 0.29) is 19.4 Å². The van der Waals surface area contributed by atoms with E-state index in [1.807, 2.05) is 12.2 Å². The van der Waals surface area contributed by atoms with Gasteiger partial charge in [-0.3, -0.25) is 14.1 Å². The molecule has 1 aliphatic heterocycles. The van der Waals surface area contributed by atoms with Crippen LogP contribution < -0.4 is 0 Å². The standard InChI is InChI=1S/C37H64O12S/c1-3-5-7-9-11-13-14-15-16-18-20-22-24-26-33(39)48-30(27-46-32(38)25-23-21-19-17-12-10-8-6-4-2)28-47-37-36(42)35(41)34(40)31(49-37)29-50(43,44)45/h15-17,19-20,22,30-31,34-37,40-42H,3-14,18,21,23-29H2,1-2H3,(H,43,44,45)/b16-15+,19-17+,22-20+/t30?,31-,34-,35?,36?,37+/m1/s1. The van der Waals surface area contributed by atoms with E-state index in [0.717, 1.165) is 32.1 Å². The molecule has 0 aromatic heterocycles. The normalized spacial score (nSPS) is 22.1. The van der Waals surface area contributed by atoms with Gasteiger partial charge in [0, 0.05) is 12.8 Å². The molecule has 0 amide bonds. The smallest absolute Gasteiger partial charge is 0.306 e. The van der Waals surface area contributed by atoms with Crippen molar-refractivity contribution < 1.29 is 56.8 Å². The molecule has 0 radical (unpaired) electrons. The third kappa shape index (κ3) is 23.4. The molecule has 50 heavy (non-hydrogen) atoms. The second kappa shape index (κ2) is 28.5. The van der Waals surface area contributed by atoms with E-state index in [2.05, 4.69) is 38.2 Å². The number of esters is 2. The predicted molar refractivity (Wildman–Crippen MR) is 192 cm³/mol. The average Bonchev–Trinajstić information content (AvgIpc) is 3.07. The van der Waals surface area contributed by atoms with Gasteiger partial charge in [0.1, 0.15) is 36.8 Å². The van der Waals surface area contributed by atoms with Gasteiger partial charge in [-0.15, -0.1) is 0 Å². The molecule has 1 aliphatic rings. The summed E-state index contributed by atoms with van der Waals surface area (Å²) in [6, 6.07) is 0. The topological polar surface area (TPSA) is 186 Å². The molecule has 0 aromatic rings. The molecular weight excluding hydrogens is 668 g/mol. The maximum atomic E-state index is 12.7. The Bertz CT molecular complexity index is 1090. The molecule has 0 aliphatic carbocycles. The van der Waals surface area contributed by atoms with Crippen LogP contribution in [0.1, 0.15) is 129 Å². The number of hydrogen-bond donors (Lipinski definition) is 4. The third-order valence-corrected chi connectivity index (χ3v) is 8.96. The van der Waals surface area contributed by atoms with Gasteiger partial charge in [0.05, 0.1) is 6.61 Å². The molecule has 12 nitrogen and oxygen atoms in total. The van der Waals surface area contributed by atoms with Crippen LogP contribution in [-0.4, -0.2) is 96.0 Å². The van der Waals surface area contributed by atoms with Crippen molar-refractivity contribution in [2.75, 3.05) is 19.0 Å². The van der Waals surface area contributed by atoms with Crippen LogP contribution in [0.3, 0.4) is 0 Å². The van der Waals surface area contributed by atoms with Crippen molar-refractivity contribution >= 4 is 22.1 Å². The molecule has 4 N–H and O–H groups in total. The van der Waals surface area contributed by atoms with Crippen molar-refractivity contribution in [1.29, 1.82) is 0 Å². The Labute approximate surface area is 300 Å². The van der Waals surface area contributed by atoms with E-state index in [9.17, 15) is 37.9 Å². The maximum Gasteiger partial charge on any atom is 0.306 e. The first-order valence-electron chi connectivity index (χ1n) is 18.5. The highest BCUT2D eigenvalue weighted by Gasteiger charge is 2.46.